The second-order valence-corrected chi connectivity index (χ2v) is 10.1. The van der Waals surface area contributed by atoms with Gasteiger partial charge in [0.25, 0.3) is 0 Å². The number of benzene rings is 3. The first-order valence-corrected chi connectivity index (χ1v) is 13.5. The summed E-state index contributed by atoms with van der Waals surface area (Å²) in [5.41, 5.74) is 4.62. The Labute approximate surface area is 233 Å². The fraction of sp³-hybridized carbons (Fsp3) is 0.219. The molecule has 0 aliphatic heterocycles. The SMILES string of the molecule is C[NH+](C)CCCC(=O)Nc1cccc(-c2c(-c3ccccc3)oc3ncnc(N[C@H](CO)c4ccccc4)c23)c1. The summed E-state index contributed by atoms with van der Waals surface area (Å²) in [6, 6.07) is 26.9. The van der Waals surface area contributed by atoms with Crippen molar-refractivity contribution in [3.8, 4) is 22.5 Å². The number of nitrogens with one attached hydrogen (secondary N) is 3. The predicted molar refractivity (Wildman–Crippen MR) is 158 cm³/mol. The molecule has 0 aliphatic carbocycles. The van der Waals surface area contributed by atoms with Crippen molar-refractivity contribution in [3.63, 3.8) is 0 Å². The molecule has 0 unspecified atom stereocenters. The third-order valence-corrected chi connectivity index (χ3v) is 6.74. The lowest BCUT2D eigenvalue weighted by molar-refractivity contribution is -0.858. The number of quaternary nitrogens is 1. The minimum absolute atomic E-state index is 0.0157. The molecule has 0 aliphatic rings. The molecule has 1 amide bonds. The summed E-state index contributed by atoms with van der Waals surface area (Å²) in [6.45, 7) is 0.813. The number of hydrogen-bond acceptors (Lipinski definition) is 6. The summed E-state index contributed by atoms with van der Waals surface area (Å²) in [7, 11) is 4.16. The Morgan fingerprint density at radius 1 is 0.950 bits per heavy atom. The molecule has 1 atom stereocenters. The lowest BCUT2D eigenvalue weighted by atomic mass is 9.98. The monoisotopic (exact) mass is 536 g/mol. The van der Waals surface area contributed by atoms with Crippen LogP contribution in [-0.2, 0) is 4.79 Å². The van der Waals surface area contributed by atoms with E-state index in [9.17, 15) is 9.90 Å². The van der Waals surface area contributed by atoms with Crippen LogP contribution < -0.4 is 15.5 Å². The van der Waals surface area contributed by atoms with E-state index in [2.05, 4.69) is 34.7 Å². The molecule has 0 fully saturated rings. The van der Waals surface area contributed by atoms with Gasteiger partial charge in [-0.05, 0) is 23.3 Å². The van der Waals surface area contributed by atoms with E-state index >= 15 is 0 Å². The molecular weight excluding hydrogens is 502 g/mol. The molecule has 8 nitrogen and oxygen atoms in total. The zero-order chi connectivity index (χ0) is 27.9. The Morgan fingerprint density at radius 3 is 2.40 bits per heavy atom. The number of nitrogens with zero attached hydrogens (tertiary/aromatic N) is 2. The van der Waals surface area contributed by atoms with Gasteiger partial charge in [0.05, 0.1) is 38.7 Å². The van der Waals surface area contributed by atoms with Crippen LogP contribution in [0.15, 0.2) is 95.7 Å². The zero-order valence-electron chi connectivity index (χ0n) is 22.7. The van der Waals surface area contributed by atoms with Gasteiger partial charge in [-0.1, -0.05) is 72.8 Å². The molecular formula is C32H34N5O3+. The number of carbonyl (C=O) groups is 1. The number of anilines is 2. The average Bonchev–Trinajstić information content (AvgIpc) is 3.37. The Morgan fingerprint density at radius 2 is 1.68 bits per heavy atom. The van der Waals surface area contributed by atoms with Gasteiger partial charge >= 0.3 is 0 Å². The van der Waals surface area contributed by atoms with E-state index in [0.29, 0.717) is 34.8 Å². The maximum absolute atomic E-state index is 12.6. The van der Waals surface area contributed by atoms with Crippen molar-refractivity contribution in [2.45, 2.75) is 18.9 Å². The van der Waals surface area contributed by atoms with Gasteiger partial charge in [-0.25, -0.2) is 9.97 Å². The third kappa shape index (κ3) is 6.20. The third-order valence-electron chi connectivity index (χ3n) is 6.74. The molecule has 8 heteroatoms. The number of furan rings is 1. The molecule has 2 heterocycles. The van der Waals surface area contributed by atoms with E-state index < -0.39 is 0 Å². The van der Waals surface area contributed by atoms with Crippen molar-refractivity contribution in [2.24, 2.45) is 0 Å². The molecule has 0 saturated heterocycles. The van der Waals surface area contributed by atoms with Gasteiger partial charge in [0.1, 0.15) is 17.9 Å². The van der Waals surface area contributed by atoms with Crippen molar-refractivity contribution >= 4 is 28.5 Å². The first-order valence-electron chi connectivity index (χ1n) is 13.5. The van der Waals surface area contributed by atoms with Gasteiger partial charge in [-0.2, -0.15) is 0 Å². The molecule has 0 spiro atoms. The highest BCUT2D eigenvalue weighted by Gasteiger charge is 2.24. The molecule has 204 valence electrons. The van der Waals surface area contributed by atoms with Crippen LogP contribution in [-0.4, -0.2) is 48.2 Å². The fourth-order valence-electron chi connectivity index (χ4n) is 4.77. The minimum Gasteiger partial charge on any atom is -0.437 e. The summed E-state index contributed by atoms with van der Waals surface area (Å²) in [5.74, 6) is 1.18. The number of fused-ring (bicyclic) bond motifs is 1. The highest BCUT2D eigenvalue weighted by atomic mass is 16.3. The quantitative estimate of drug-likeness (QED) is 0.197. The topological polar surface area (TPSA) is 105 Å². The van der Waals surface area contributed by atoms with Crippen LogP contribution in [0.25, 0.3) is 33.6 Å². The van der Waals surface area contributed by atoms with Crippen LogP contribution in [0, 0.1) is 0 Å². The number of rotatable bonds is 11. The van der Waals surface area contributed by atoms with E-state index in [4.69, 9.17) is 4.42 Å². The van der Waals surface area contributed by atoms with Crippen LogP contribution in [0.5, 0.6) is 0 Å². The average molecular weight is 537 g/mol. The molecule has 4 N–H and O–H groups in total. The molecule has 2 aromatic heterocycles. The highest BCUT2D eigenvalue weighted by molar-refractivity contribution is 6.06. The van der Waals surface area contributed by atoms with Crippen LogP contribution in [0.3, 0.4) is 0 Å². The van der Waals surface area contributed by atoms with E-state index in [1.54, 1.807) is 0 Å². The van der Waals surface area contributed by atoms with Gasteiger partial charge < -0.3 is 25.1 Å². The van der Waals surface area contributed by atoms with Crippen LogP contribution >= 0.6 is 0 Å². The summed E-state index contributed by atoms with van der Waals surface area (Å²) in [4.78, 5) is 23.0. The molecule has 5 rings (SSSR count). The van der Waals surface area contributed by atoms with Gasteiger partial charge in [0.2, 0.25) is 11.6 Å². The van der Waals surface area contributed by atoms with Crippen molar-refractivity contribution in [3.05, 3.63) is 96.8 Å². The molecule has 0 bridgehead atoms. The smallest absolute Gasteiger partial charge is 0.232 e. The molecule has 40 heavy (non-hydrogen) atoms. The molecule has 5 aromatic rings. The van der Waals surface area contributed by atoms with Gasteiger partial charge in [-0.3, -0.25) is 4.79 Å². The largest absolute Gasteiger partial charge is 0.437 e. The Hall–Kier alpha value is -4.53. The molecule has 3 aromatic carbocycles. The summed E-state index contributed by atoms with van der Waals surface area (Å²) in [6.07, 6.45) is 2.74. The van der Waals surface area contributed by atoms with Crippen molar-refractivity contribution in [1.29, 1.82) is 0 Å². The van der Waals surface area contributed by atoms with E-state index in [1.165, 1.54) is 11.2 Å². The lowest BCUT2D eigenvalue weighted by Gasteiger charge is -2.18. The maximum Gasteiger partial charge on any atom is 0.232 e. The summed E-state index contributed by atoms with van der Waals surface area (Å²) >= 11 is 0. The number of aliphatic hydroxyl groups excluding tert-OH is 1. The summed E-state index contributed by atoms with van der Waals surface area (Å²) in [5, 5.41) is 17.4. The van der Waals surface area contributed by atoms with Crippen LogP contribution in [0.2, 0.25) is 0 Å². The Bertz CT molecular complexity index is 1570. The van der Waals surface area contributed by atoms with Crippen LogP contribution in [0.4, 0.5) is 11.5 Å². The van der Waals surface area contributed by atoms with Crippen molar-refractivity contribution < 1.29 is 19.2 Å². The maximum atomic E-state index is 12.6. The normalized spacial score (nSPS) is 12.0. The van der Waals surface area contributed by atoms with E-state index in [0.717, 1.165) is 35.2 Å². The minimum atomic E-state index is -0.378. The number of hydrogen-bond donors (Lipinski definition) is 4. The van der Waals surface area contributed by atoms with Gasteiger partial charge in [0, 0.05) is 29.7 Å². The number of aliphatic hydroxyl groups is 1. The van der Waals surface area contributed by atoms with Gasteiger partial charge in [0.15, 0.2) is 0 Å². The Kier molecular flexibility index (Phi) is 8.49. The standard InChI is InChI=1S/C32H33N5O3/c1-37(2)18-10-17-27(39)35-25-16-9-15-24(19-25)28-29-31(36-26(20-38)22-11-5-3-6-12-22)33-21-34-32(29)40-30(28)23-13-7-4-8-14-23/h3-9,11-16,19,21,26,38H,10,17-18,20H2,1-2H3,(H,35,39)(H,33,34,36)/p+1/t26-/m1/s1. The van der Waals surface area contributed by atoms with Crippen LogP contribution in [0.1, 0.15) is 24.4 Å². The van der Waals surface area contributed by atoms with E-state index in [-0.39, 0.29) is 18.6 Å². The Balaban J connectivity index is 1.58. The van der Waals surface area contributed by atoms with Crippen molar-refractivity contribution in [1.82, 2.24) is 9.97 Å². The highest BCUT2D eigenvalue weighted by Crippen LogP contribution is 2.43. The first kappa shape index (κ1) is 27.1. The number of carbonyl (C=O) groups excluding carboxylic acids is 1. The van der Waals surface area contributed by atoms with Crippen molar-refractivity contribution in [2.75, 3.05) is 37.9 Å². The fourth-order valence-corrected chi connectivity index (χ4v) is 4.77. The molecule has 0 radical (unpaired) electrons. The summed E-state index contributed by atoms with van der Waals surface area (Å²) < 4.78 is 6.35. The van der Waals surface area contributed by atoms with E-state index in [1.807, 2.05) is 84.9 Å². The lowest BCUT2D eigenvalue weighted by Crippen LogP contribution is -3.05. The number of aromatic nitrogens is 2. The second-order valence-electron chi connectivity index (χ2n) is 10.1. The first-order chi connectivity index (χ1) is 19.5. The molecule has 0 saturated carbocycles. The second kappa shape index (κ2) is 12.5. The zero-order valence-corrected chi connectivity index (χ0v) is 22.7. The predicted octanol–water partition coefficient (Wildman–Crippen LogP) is 4.57. The van der Waals surface area contributed by atoms with Gasteiger partial charge in [-0.15, -0.1) is 0 Å². The number of amides is 1.